The third-order valence-corrected chi connectivity index (χ3v) is 1.97. The second-order valence-corrected chi connectivity index (χ2v) is 3.17. The standard InChI is InChI=1S/C9H10F3NO3/c10-9(11,12)7-3-5(1-2-13-7)8(16)6(15)4-14/h1-3,6,8,14-16H,4H2. The Morgan fingerprint density at radius 3 is 2.44 bits per heavy atom. The maximum absolute atomic E-state index is 12.3. The summed E-state index contributed by atoms with van der Waals surface area (Å²) in [6.45, 7) is -0.745. The van der Waals surface area contributed by atoms with Crippen LogP contribution in [0.5, 0.6) is 0 Å². The molecule has 1 aromatic heterocycles. The van der Waals surface area contributed by atoms with Crippen LogP contribution in [0.2, 0.25) is 0 Å². The predicted octanol–water partition coefficient (Wildman–Crippen LogP) is 0.487. The van der Waals surface area contributed by atoms with Crippen LogP contribution in [-0.4, -0.2) is 33.0 Å². The molecule has 0 aliphatic rings. The van der Waals surface area contributed by atoms with Gasteiger partial charge in [0.25, 0.3) is 0 Å². The van der Waals surface area contributed by atoms with E-state index in [4.69, 9.17) is 10.2 Å². The molecule has 2 atom stereocenters. The zero-order valence-electron chi connectivity index (χ0n) is 8.02. The molecule has 4 nitrogen and oxygen atoms in total. The van der Waals surface area contributed by atoms with Gasteiger partial charge in [-0.3, -0.25) is 4.98 Å². The summed E-state index contributed by atoms with van der Waals surface area (Å²) >= 11 is 0. The maximum atomic E-state index is 12.3. The number of nitrogens with zero attached hydrogens (tertiary/aromatic N) is 1. The van der Waals surface area contributed by atoms with Crippen LogP contribution in [0.1, 0.15) is 17.4 Å². The van der Waals surface area contributed by atoms with E-state index in [2.05, 4.69) is 4.98 Å². The molecule has 90 valence electrons. The zero-order valence-corrected chi connectivity index (χ0v) is 8.02. The van der Waals surface area contributed by atoms with Gasteiger partial charge in [-0.1, -0.05) is 0 Å². The van der Waals surface area contributed by atoms with Crippen molar-refractivity contribution >= 4 is 0 Å². The normalized spacial score (nSPS) is 15.9. The van der Waals surface area contributed by atoms with E-state index in [0.717, 1.165) is 12.3 Å². The Morgan fingerprint density at radius 2 is 1.94 bits per heavy atom. The molecule has 7 heteroatoms. The van der Waals surface area contributed by atoms with Crippen LogP contribution in [0.4, 0.5) is 13.2 Å². The molecular weight excluding hydrogens is 227 g/mol. The van der Waals surface area contributed by atoms with E-state index in [1.165, 1.54) is 0 Å². The summed E-state index contributed by atoms with van der Waals surface area (Å²) in [6.07, 6.45) is -6.83. The number of aromatic nitrogens is 1. The first kappa shape index (κ1) is 12.9. The molecule has 3 N–H and O–H groups in total. The van der Waals surface area contributed by atoms with Gasteiger partial charge in [-0.15, -0.1) is 0 Å². The molecule has 0 aliphatic carbocycles. The van der Waals surface area contributed by atoms with Gasteiger partial charge in [-0.25, -0.2) is 0 Å². The summed E-state index contributed by atoms with van der Waals surface area (Å²) in [4.78, 5) is 3.10. The van der Waals surface area contributed by atoms with Gasteiger partial charge in [-0.05, 0) is 17.7 Å². The van der Waals surface area contributed by atoms with Gasteiger partial charge in [0.05, 0.1) is 6.61 Å². The van der Waals surface area contributed by atoms with Gasteiger partial charge in [0.15, 0.2) is 0 Å². The topological polar surface area (TPSA) is 73.6 Å². The van der Waals surface area contributed by atoms with E-state index in [-0.39, 0.29) is 5.56 Å². The van der Waals surface area contributed by atoms with E-state index >= 15 is 0 Å². The summed E-state index contributed by atoms with van der Waals surface area (Å²) in [5.41, 5.74) is -1.31. The minimum atomic E-state index is -4.61. The molecule has 1 rings (SSSR count). The third-order valence-electron chi connectivity index (χ3n) is 1.97. The van der Waals surface area contributed by atoms with Crippen LogP contribution >= 0.6 is 0 Å². The summed E-state index contributed by atoms with van der Waals surface area (Å²) < 4.78 is 36.8. The largest absolute Gasteiger partial charge is 0.433 e. The number of halogens is 3. The number of aliphatic hydroxyl groups excluding tert-OH is 3. The number of hydrogen-bond donors (Lipinski definition) is 3. The highest BCUT2D eigenvalue weighted by Crippen LogP contribution is 2.29. The number of rotatable bonds is 3. The van der Waals surface area contributed by atoms with Crippen molar-refractivity contribution in [3.8, 4) is 0 Å². The molecule has 0 amide bonds. The first-order valence-corrected chi connectivity index (χ1v) is 4.36. The van der Waals surface area contributed by atoms with E-state index < -0.39 is 30.7 Å². The average molecular weight is 237 g/mol. The summed E-state index contributed by atoms with van der Waals surface area (Å²) in [7, 11) is 0. The Bertz CT molecular complexity index is 356. The maximum Gasteiger partial charge on any atom is 0.433 e. The lowest BCUT2D eigenvalue weighted by molar-refractivity contribution is -0.141. The van der Waals surface area contributed by atoms with Crippen molar-refractivity contribution in [2.75, 3.05) is 6.61 Å². The van der Waals surface area contributed by atoms with E-state index in [9.17, 15) is 18.3 Å². The van der Waals surface area contributed by atoms with Gasteiger partial charge in [0, 0.05) is 6.20 Å². The van der Waals surface area contributed by atoms with Crippen LogP contribution < -0.4 is 0 Å². The molecule has 1 heterocycles. The highest BCUT2D eigenvalue weighted by molar-refractivity contribution is 5.21. The smallest absolute Gasteiger partial charge is 0.394 e. The fourth-order valence-electron chi connectivity index (χ4n) is 1.11. The van der Waals surface area contributed by atoms with Gasteiger partial charge in [0.2, 0.25) is 0 Å². The number of hydrogen-bond acceptors (Lipinski definition) is 4. The highest BCUT2D eigenvalue weighted by Gasteiger charge is 2.33. The first-order valence-electron chi connectivity index (χ1n) is 4.36. The Labute approximate surface area is 89.0 Å². The van der Waals surface area contributed by atoms with E-state index in [0.29, 0.717) is 6.07 Å². The molecule has 0 aromatic carbocycles. The van der Waals surface area contributed by atoms with Crippen molar-refractivity contribution in [3.05, 3.63) is 29.6 Å². The van der Waals surface area contributed by atoms with Crippen molar-refractivity contribution in [1.29, 1.82) is 0 Å². The quantitative estimate of drug-likeness (QED) is 0.715. The van der Waals surface area contributed by atoms with E-state index in [1.807, 2.05) is 0 Å². The molecule has 0 saturated heterocycles. The Morgan fingerprint density at radius 1 is 1.31 bits per heavy atom. The Hall–Kier alpha value is -1.18. The van der Waals surface area contributed by atoms with E-state index in [1.54, 1.807) is 0 Å². The zero-order chi connectivity index (χ0) is 12.3. The van der Waals surface area contributed by atoms with Crippen molar-refractivity contribution in [3.63, 3.8) is 0 Å². The van der Waals surface area contributed by atoms with Crippen LogP contribution in [-0.2, 0) is 6.18 Å². The van der Waals surface area contributed by atoms with Crippen LogP contribution in [0.15, 0.2) is 18.3 Å². The number of alkyl halides is 3. The van der Waals surface area contributed by atoms with Crippen LogP contribution in [0, 0.1) is 0 Å². The van der Waals surface area contributed by atoms with Crippen LogP contribution in [0.3, 0.4) is 0 Å². The molecule has 0 aliphatic heterocycles. The molecule has 1 aromatic rings. The van der Waals surface area contributed by atoms with Gasteiger partial charge < -0.3 is 15.3 Å². The Balaban J connectivity index is 2.99. The van der Waals surface area contributed by atoms with Crippen molar-refractivity contribution in [2.45, 2.75) is 18.4 Å². The van der Waals surface area contributed by atoms with Crippen molar-refractivity contribution < 1.29 is 28.5 Å². The van der Waals surface area contributed by atoms with Gasteiger partial charge >= 0.3 is 6.18 Å². The lowest BCUT2D eigenvalue weighted by atomic mass is 10.1. The molecule has 0 saturated carbocycles. The molecule has 2 unspecified atom stereocenters. The SMILES string of the molecule is OCC(O)C(O)c1ccnc(C(F)(F)F)c1. The predicted molar refractivity (Wildman–Crippen MR) is 47.3 cm³/mol. The Kier molecular flexibility index (Phi) is 3.84. The summed E-state index contributed by atoms with van der Waals surface area (Å²) in [5.74, 6) is 0. The average Bonchev–Trinajstić information content (AvgIpc) is 2.26. The molecule has 0 fully saturated rings. The number of pyridine rings is 1. The second kappa shape index (κ2) is 4.77. The fraction of sp³-hybridized carbons (Fsp3) is 0.444. The highest BCUT2D eigenvalue weighted by atomic mass is 19.4. The van der Waals surface area contributed by atoms with Gasteiger partial charge in [0.1, 0.15) is 17.9 Å². The van der Waals surface area contributed by atoms with Crippen molar-refractivity contribution in [1.82, 2.24) is 4.98 Å². The van der Waals surface area contributed by atoms with Gasteiger partial charge in [-0.2, -0.15) is 13.2 Å². The fourth-order valence-corrected chi connectivity index (χ4v) is 1.11. The minimum absolute atomic E-state index is 0.149. The monoisotopic (exact) mass is 237 g/mol. The molecule has 0 spiro atoms. The molecular formula is C9H10F3NO3. The second-order valence-electron chi connectivity index (χ2n) is 3.17. The van der Waals surface area contributed by atoms with Crippen molar-refractivity contribution in [2.24, 2.45) is 0 Å². The molecule has 0 bridgehead atoms. The number of aliphatic hydroxyl groups is 3. The third kappa shape index (κ3) is 2.91. The minimum Gasteiger partial charge on any atom is -0.394 e. The lowest BCUT2D eigenvalue weighted by Crippen LogP contribution is -2.22. The lowest BCUT2D eigenvalue weighted by Gasteiger charge is -2.16. The summed E-state index contributed by atoms with van der Waals surface area (Å²) in [6, 6.07) is 1.77. The first-order chi connectivity index (χ1) is 7.36. The summed E-state index contributed by atoms with van der Waals surface area (Å²) in [5, 5.41) is 27.0. The molecule has 0 radical (unpaired) electrons. The van der Waals surface area contributed by atoms with Crippen LogP contribution in [0.25, 0.3) is 0 Å². The molecule has 16 heavy (non-hydrogen) atoms.